The molecule has 2 amide bonds. The molecule has 1 aliphatic rings. The van der Waals surface area contributed by atoms with E-state index >= 15 is 0 Å². The number of carbonyl (C=O) groups excluding carboxylic acids is 1. The highest BCUT2D eigenvalue weighted by molar-refractivity contribution is 7.91. The first kappa shape index (κ1) is 33.2. The summed E-state index contributed by atoms with van der Waals surface area (Å²) in [5.74, 6) is 0.252. The van der Waals surface area contributed by atoms with Crippen LogP contribution in [0.15, 0.2) is 87.9 Å². The molecule has 1 aliphatic heterocycles. The van der Waals surface area contributed by atoms with Gasteiger partial charge < -0.3 is 0 Å². The van der Waals surface area contributed by atoms with Gasteiger partial charge >= 0.3 is 12.2 Å². The topological polar surface area (TPSA) is 120 Å². The zero-order chi connectivity index (χ0) is 33.5. The lowest BCUT2D eigenvalue weighted by Crippen LogP contribution is -2.52. The van der Waals surface area contributed by atoms with Gasteiger partial charge in [-0.3, -0.25) is 4.90 Å². The molecule has 0 N–H and O–H groups in total. The molecule has 9 nitrogen and oxygen atoms in total. The van der Waals surface area contributed by atoms with E-state index in [1.54, 1.807) is 12.1 Å². The lowest BCUT2D eigenvalue weighted by atomic mass is 9.98. The number of benzene rings is 3. The standard InChI is InChI=1S/C31H27F3N4O5S2/c1-19(2)15-21-9-12-25(13-10-21)45(42,43)38-29(26-14-11-22(18-35)16-27(26)44(5,40)41)28(36-4)20(3)37(30(38)39)24-8-6-7-23(17-24)31(32,33)34/h6-14,16-17,19,29H,15H2,1-3,5H3/t29-/m1/s1. The summed E-state index contributed by atoms with van der Waals surface area (Å²) in [5, 5.41) is 9.41. The highest BCUT2D eigenvalue weighted by atomic mass is 32.2. The van der Waals surface area contributed by atoms with Gasteiger partial charge in [0.2, 0.25) is 5.70 Å². The Morgan fingerprint density at radius 1 is 1.02 bits per heavy atom. The number of rotatable bonds is 7. The lowest BCUT2D eigenvalue weighted by Gasteiger charge is -2.41. The number of sulfonamides is 1. The fourth-order valence-corrected chi connectivity index (χ4v) is 7.53. The third kappa shape index (κ3) is 6.43. The molecule has 3 aromatic carbocycles. The number of nitrogens with zero attached hydrogens (tertiary/aromatic N) is 4. The average Bonchev–Trinajstić information content (AvgIpc) is 2.95. The van der Waals surface area contributed by atoms with Crippen LogP contribution in [0.5, 0.6) is 0 Å². The second kappa shape index (κ2) is 12.0. The van der Waals surface area contributed by atoms with Crippen molar-refractivity contribution < 1.29 is 34.8 Å². The summed E-state index contributed by atoms with van der Waals surface area (Å²) in [5.41, 5.74) is -1.66. The fourth-order valence-electron chi connectivity index (χ4n) is 5.09. The molecule has 0 spiro atoms. The molecule has 1 heterocycles. The van der Waals surface area contributed by atoms with Crippen molar-refractivity contribution in [2.45, 2.75) is 49.2 Å². The van der Waals surface area contributed by atoms with E-state index in [1.165, 1.54) is 25.1 Å². The maximum absolute atomic E-state index is 14.3. The van der Waals surface area contributed by atoms with E-state index in [9.17, 15) is 40.1 Å². The quantitative estimate of drug-likeness (QED) is 0.261. The predicted molar refractivity (Wildman–Crippen MR) is 160 cm³/mol. The molecule has 0 radical (unpaired) electrons. The Labute approximate surface area is 259 Å². The zero-order valence-electron chi connectivity index (χ0n) is 24.5. The Hall–Kier alpha value is -4.66. The number of allylic oxidation sites excluding steroid dienone is 1. The molecule has 1 atom stereocenters. The summed E-state index contributed by atoms with van der Waals surface area (Å²) in [7, 11) is -9.06. The first-order chi connectivity index (χ1) is 20.9. The smallest absolute Gasteiger partial charge is 0.277 e. The number of anilines is 1. The van der Waals surface area contributed by atoms with Crippen molar-refractivity contribution in [2.75, 3.05) is 11.2 Å². The van der Waals surface area contributed by atoms with Crippen molar-refractivity contribution in [2.24, 2.45) is 5.92 Å². The Morgan fingerprint density at radius 3 is 2.20 bits per heavy atom. The van der Waals surface area contributed by atoms with Gasteiger partial charge in [-0.05, 0) is 72.9 Å². The number of hydrogen-bond acceptors (Lipinski definition) is 6. The normalized spacial score (nSPS) is 16.1. The van der Waals surface area contributed by atoms with Crippen molar-refractivity contribution in [1.29, 1.82) is 5.26 Å². The molecule has 14 heteroatoms. The summed E-state index contributed by atoms with van der Waals surface area (Å²) >= 11 is 0. The number of alkyl halides is 3. The zero-order valence-corrected chi connectivity index (χ0v) is 26.1. The molecule has 0 fully saturated rings. The fraction of sp³-hybridized carbons (Fsp3) is 0.258. The van der Waals surface area contributed by atoms with Crippen LogP contribution in [0, 0.1) is 23.8 Å². The van der Waals surface area contributed by atoms with Gasteiger partial charge in [-0.1, -0.05) is 38.1 Å². The van der Waals surface area contributed by atoms with Crippen molar-refractivity contribution in [1.82, 2.24) is 4.31 Å². The van der Waals surface area contributed by atoms with Crippen LogP contribution in [0.25, 0.3) is 4.85 Å². The number of carbonyl (C=O) groups is 1. The van der Waals surface area contributed by atoms with Gasteiger partial charge in [0.15, 0.2) is 9.84 Å². The Morgan fingerprint density at radius 2 is 1.67 bits per heavy atom. The molecule has 45 heavy (non-hydrogen) atoms. The summed E-state index contributed by atoms with van der Waals surface area (Å²) in [6, 6.07) is 11.3. The molecule has 0 aliphatic carbocycles. The molecule has 0 saturated heterocycles. The SMILES string of the molecule is [C-]#[N+]C1=C(C)N(c2cccc(C(F)(F)F)c2)C(=O)N(S(=O)(=O)c2ccc(CC(C)C)cc2)[C@@H]1c1ccc(C#N)cc1S(C)(=O)=O. The molecule has 0 saturated carbocycles. The minimum atomic E-state index is -4.90. The molecule has 0 bridgehead atoms. The second-order valence-corrected chi connectivity index (χ2v) is 14.6. The van der Waals surface area contributed by atoms with Gasteiger partial charge in [-0.15, -0.1) is 0 Å². The summed E-state index contributed by atoms with van der Waals surface area (Å²) < 4.78 is 95.7. The van der Waals surface area contributed by atoms with E-state index in [0.29, 0.717) is 21.7 Å². The van der Waals surface area contributed by atoms with E-state index in [2.05, 4.69) is 4.85 Å². The van der Waals surface area contributed by atoms with Crippen LogP contribution in [0.1, 0.15) is 49.1 Å². The van der Waals surface area contributed by atoms with Gasteiger partial charge in [-0.25, -0.2) is 30.8 Å². The number of nitriles is 1. The third-order valence-electron chi connectivity index (χ3n) is 7.09. The first-order valence-electron chi connectivity index (χ1n) is 13.4. The van der Waals surface area contributed by atoms with Crippen LogP contribution < -0.4 is 4.90 Å². The molecule has 4 rings (SSSR count). The largest absolute Gasteiger partial charge is 0.416 e. The molecule has 0 unspecified atom stereocenters. The summed E-state index contributed by atoms with van der Waals surface area (Å²) in [4.78, 5) is 17.6. The third-order valence-corrected chi connectivity index (χ3v) is 10.00. The van der Waals surface area contributed by atoms with E-state index in [1.807, 2.05) is 19.9 Å². The van der Waals surface area contributed by atoms with Crippen LogP contribution in [0.3, 0.4) is 0 Å². The van der Waals surface area contributed by atoms with Crippen LogP contribution >= 0.6 is 0 Å². The summed E-state index contributed by atoms with van der Waals surface area (Å²) in [6.45, 7) is 13.2. The van der Waals surface area contributed by atoms with Crippen molar-refractivity contribution in [3.63, 3.8) is 0 Å². The maximum atomic E-state index is 14.3. The molecular formula is C31H27F3N4O5S2. The van der Waals surface area contributed by atoms with E-state index in [-0.39, 0.29) is 33.3 Å². The van der Waals surface area contributed by atoms with Crippen molar-refractivity contribution in [3.05, 3.63) is 112 Å². The number of amides is 2. The highest BCUT2D eigenvalue weighted by Gasteiger charge is 2.48. The summed E-state index contributed by atoms with van der Waals surface area (Å²) in [6.07, 6.45) is -3.34. The van der Waals surface area contributed by atoms with Gasteiger partial charge in [0.1, 0.15) is 6.04 Å². The Kier molecular flexibility index (Phi) is 8.88. The first-order valence-corrected chi connectivity index (χ1v) is 16.7. The number of halogens is 3. The van der Waals surface area contributed by atoms with E-state index in [0.717, 1.165) is 42.2 Å². The number of urea groups is 1. The lowest BCUT2D eigenvalue weighted by molar-refractivity contribution is -0.137. The molecular weight excluding hydrogens is 629 g/mol. The van der Waals surface area contributed by atoms with Crippen molar-refractivity contribution in [3.8, 4) is 6.07 Å². The minimum Gasteiger partial charge on any atom is -0.277 e. The molecule has 234 valence electrons. The average molecular weight is 657 g/mol. The highest BCUT2D eigenvalue weighted by Crippen LogP contribution is 2.45. The second-order valence-electron chi connectivity index (χ2n) is 10.8. The van der Waals surface area contributed by atoms with Crippen molar-refractivity contribution >= 4 is 31.6 Å². The van der Waals surface area contributed by atoms with Gasteiger partial charge in [-0.2, -0.15) is 18.4 Å². The van der Waals surface area contributed by atoms with Crippen LogP contribution in [0.4, 0.5) is 23.7 Å². The number of sulfone groups is 1. The predicted octanol–water partition coefficient (Wildman–Crippen LogP) is 6.70. The molecule has 3 aromatic rings. The minimum absolute atomic E-state index is 0.0767. The van der Waals surface area contributed by atoms with Gasteiger partial charge in [0, 0.05) is 17.6 Å². The monoisotopic (exact) mass is 656 g/mol. The Bertz CT molecular complexity index is 2010. The molecule has 0 aromatic heterocycles. The Balaban J connectivity index is 2.07. The van der Waals surface area contributed by atoms with Gasteiger partial charge in [0.25, 0.3) is 10.0 Å². The van der Waals surface area contributed by atoms with Crippen LogP contribution in [0.2, 0.25) is 0 Å². The van der Waals surface area contributed by atoms with Gasteiger partial charge in [0.05, 0.1) is 33.6 Å². The number of hydrogen-bond donors (Lipinski definition) is 0. The van der Waals surface area contributed by atoms with Crippen LogP contribution in [-0.4, -0.2) is 33.4 Å². The maximum Gasteiger partial charge on any atom is 0.416 e. The van der Waals surface area contributed by atoms with Crippen LogP contribution in [-0.2, 0) is 32.5 Å². The van der Waals surface area contributed by atoms with E-state index < -0.39 is 54.3 Å². The van der Waals surface area contributed by atoms with E-state index in [4.69, 9.17) is 6.57 Å².